The number of carboxylic acid groups (broad SMARTS) is 2. The van der Waals surface area contributed by atoms with Crippen LogP contribution < -0.4 is 5.32 Å². The number of aryl methyl sites for hydroxylation is 1. The number of aliphatic carboxylic acids is 2. The highest BCUT2D eigenvalue weighted by Gasteiger charge is 2.41. The van der Waals surface area contributed by atoms with Crippen LogP contribution in [-0.4, -0.2) is 125 Å². The Kier molecular flexibility index (Phi) is 12.4. The molecule has 1 atom stereocenters. The number of halogens is 6. The molecule has 1 aromatic heterocycles. The predicted molar refractivity (Wildman–Crippen MR) is 116 cm³/mol. The smallest absolute Gasteiger partial charge is 0.475 e. The predicted octanol–water partition coefficient (Wildman–Crippen LogP) is 0.336. The summed E-state index contributed by atoms with van der Waals surface area (Å²) in [6, 6.07) is 2.05. The average molecular weight is 565 g/mol. The van der Waals surface area contributed by atoms with Gasteiger partial charge in [-0.2, -0.15) is 31.4 Å². The van der Waals surface area contributed by atoms with Crippen molar-refractivity contribution in [2.45, 2.75) is 24.5 Å². The van der Waals surface area contributed by atoms with Gasteiger partial charge in [0.25, 0.3) is 0 Å². The van der Waals surface area contributed by atoms with Crippen LogP contribution in [0.4, 0.5) is 26.3 Å². The molecule has 2 fully saturated rings. The Hall–Kier alpha value is -2.96. The number of carbonyl (C=O) groups excluding carboxylic acids is 1. The minimum atomic E-state index is -5.08. The zero-order chi connectivity index (χ0) is 29.1. The fraction of sp³-hybridized carbons (Fsp3) is 0.700. The number of morpholine rings is 1. The summed E-state index contributed by atoms with van der Waals surface area (Å²) in [5.74, 6) is -5.49. The molecular formula is C20H29F6N5O7. The lowest BCUT2D eigenvalue weighted by Crippen LogP contribution is -2.59. The Balaban J connectivity index is 0.000000426. The molecule has 3 N–H and O–H groups in total. The normalized spacial score (nSPS) is 20.8. The van der Waals surface area contributed by atoms with E-state index in [-0.39, 0.29) is 11.5 Å². The van der Waals surface area contributed by atoms with Gasteiger partial charge in [-0.15, -0.1) is 0 Å². The third-order valence-electron chi connectivity index (χ3n) is 5.04. The molecule has 18 heteroatoms. The monoisotopic (exact) mass is 565 g/mol. The second kappa shape index (κ2) is 14.3. The molecule has 0 bridgehead atoms. The van der Waals surface area contributed by atoms with E-state index in [1.807, 2.05) is 24.0 Å². The number of carboxylic acids is 2. The number of ether oxygens (including phenoxy) is 2. The maximum atomic E-state index is 11.7. The van der Waals surface area contributed by atoms with Crippen LogP contribution >= 0.6 is 0 Å². The van der Waals surface area contributed by atoms with Gasteiger partial charge >= 0.3 is 24.3 Å². The number of alkyl halides is 6. The standard InChI is InChI=1S/C16H27N5O3.2C2HF3O2/c1-17-15(22)10-21-5-7-23-13-16(12-21)11-20(6-8-24-16)9-14-3-4-19(2)18-14;2*3-2(4,5)1(6)7/h3-4H,5-13H2,1-2H3,(H,17,22);2*(H,6,7). The summed E-state index contributed by atoms with van der Waals surface area (Å²) in [6.45, 7) is 6.18. The van der Waals surface area contributed by atoms with Gasteiger partial charge in [-0.05, 0) is 6.07 Å². The Morgan fingerprint density at radius 3 is 2.03 bits per heavy atom. The largest absolute Gasteiger partial charge is 0.490 e. The fourth-order valence-electron chi connectivity index (χ4n) is 3.42. The molecule has 0 aliphatic carbocycles. The molecule has 1 spiro atoms. The molecule has 1 aromatic rings. The lowest BCUT2D eigenvalue weighted by Gasteiger charge is -2.43. The zero-order valence-electron chi connectivity index (χ0n) is 20.5. The van der Waals surface area contributed by atoms with Gasteiger partial charge in [0.2, 0.25) is 5.91 Å². The van der Waals surface area contributed by atoms with E-state index in [2.05, 4.69) is 20.2 Å². The molecule has 0 radical (unpaired) electrons. The molecule has 12 nitrogen and oxygen atoms in total. The van der Waals surface area contributed by atoms with Crippen molar-refractivity contribution in [3.8, 4) is 0 Å². The van der Waals surface area contributed by atoms with Gasteiger partial charge in [0.15, 0.2) is 0 Å². The molecule has 3 rings (SSSR count). The van der Waals surface area contributed by atoms with E-state index < -0.39 is 24.3 Å². The number of likely N-dealkylation sites (N-methyl/N-ethyl adjacent to an activating group) is 1. The van der Waals surface area contributed by atoms with Gasteiger partial charge in [0, 0.05) is 53.0 Å². The minimum absolute atomic E-state index is 0.0215. The van der Waals surface area contributed by atoms with Crippen molar-refractivity contribution >= 4 is 17.8 Å². The topological polar surface area (TPSA) is 146 Å². The van der Waals surface area contributed by atoms with E-state index >= 15 is 0 Å². The number of nitrogens with zero attached hydrogens (tertiary/aromatic N) is 4. The highest BCUT2D eigenvalue weighted by Crippen LogP contribution is 2.23. The van der Waals surface area contributed by atoms with Crippen molar-refractivity contribution in [2.24, 2.45) is 7.05 Å². The SMILES string of the molecule is CNC(=O)CN1CCOCC2(C1)CN(Cc1ccn(C)n1)CCO2.O=C(O)C(F)(F)F.O=C(O)C(F)(F)F. The zero-order valence-corrected chi connectivity index (χ0v) is 20.5. The summed E-state index contributed by atoms with van der Waals surface area (Å²) in [6.07, 6.45) is -8.20. The summed E-state index contributed by atoms with van der Waals surface area (Å²) in [7, 11) is 3.60. The highest BCUT2D eigenvalue weighted by atomic mass is 19.4. The number of amides is 1. The lowest BCUT2D eigenvalue weighted by atomic mass is 10.0. The molecule has 0 aromatic carbocycles. The van der Waals surface area contributed by atoms with Crippen LogP contribution in [0.1, 0.15) is 5.69 Å². The van der Waals surface area contributed by atoms with Crippen LogP contribution in [0.2, 0.25) is 0 Å². The van der Waals surface area contributed by atoms with Crippen LogP contribution in [0, 0.1) is 0 Å². The van der Waals surface area contributed by atoms with Crippen molar-refractivity contribution in [1.29, 1.82) is 0 Å². The maximum absolute atomic E-state index is 11.7. The van der Waals surface area contributed by atoms with E-state index in [4.69, 9.17) is 29.3 Å². The van der Waals surface area contributed by atoms with Gasteiger partial charge < -0.3 is 25.0 Å². The summed E-state index contributed by atoms with van der Waals surface area (Å²) in [5, 5.41) is 21.4. The third kappa shape index (κ3) is 12.1. The second-order valence-electron chi connectivity index (χ2n) is 8.27. The maximum Gasteiger partial charge on any atom is 0.490 e. The average Bonchev–Trinajstić information content (AvgIpc) is 3.10. The van der Waals surface area contributed by atoms with Crippen LogP contribution in [0.5, 0.6) is 0 Å². The first kappa shape index (κ1) is 33.1. The van der Waals surface area contributed by atoms with Crippen LogP contribution in [0.25, 0.3) is 0 Å². The number of carbonyl (C=O) groups is 3. The van der Waals surface area contributed by atoms with Crippen molar-refractivity contribution in [3.05, 3.63) is 18.0 Å². The number of aromatic nitrogens is 2. The van der Waals surface area contributed by atoms with Gasteiger partial charge in [-0.3, -0.25) is 19.3 Å². The molecule has 38 heavy (non-hydrogen) atoms. The number of rotatable bonds is 4. The summed E-state index contributed by atoms with van der Waals surface area (Å²) >= 11 is 0. The molecule has 3 heterocycles. The van der Waals surface area contributed by atoms with Crippen molar-refractivity contribution < 1.29 is 60.4 Å². The Bertz CT molecular complexity index is 903. The van der Waals surface area contributed by atoms with Gasteiger partial charge in [0.05, 0.1) is 32.1 Å². The first-order valence-corrected chi connectivity index (χ1v) is 10.9. The van der Waals surface area contributed by atoms with E-state index in [0.717, 1.165) is 31.9 Å². The Labute approximate surface area is 213 Å². The molecule has 2 aliphatic rings. The van der Waals surface area contributed by atoms with Gasteiger partial charge in [0.1, 0.15) is 5.60 Å². The third-order valence-corrected chi connectivity index (χ3v) is 5.04. The van der Waals surface area contributed by atoms with Crippen LogP contribution in [0.3, 0.4) is 0 Å². The number of nitrogens with one attached hydrogen (secondary N) is 1. The summed E-state index contributed by atoms with van der Waals surface area (Å²) < 4.78 is 77.2. The fourth-order valence-corrected chi connectivity index (χ4v) is 3.42. The van der Waals surface area contributed by atoms with Crippen LogP contribution in [-0.2, 0) is 37.4 Å². The van der Waals surface area contributed by atoms with Gasteiger partial charge in [-0.1, -0.05) is 0 Å². The quantitative estimate of drug-likeness (QED) is 0.437. The minimum Gasteiger partial charge on any atom is -0.475 e. The Morgan fingerprint density at radius 1 is 1.03 bits per heavy atom. The summed E-state index contributed by atoms with van der Waals surface area (Å²) in [4.78, 5) is 34.0. The first-order chi connectivity index (χ1) is 17.5. The second-order valence-corrected chi connectivity index (χ2v) is 8.27. The molecule has 1 amide bonds. The van der Waals surface area contributed by atoms with Crippen molar-refractivity contribution in [3.63, 3.8) is 0 Å². The molecule has 2 aliphatic heterocycles. The van der Waals surface area contributed by atoms with Crippen LogP contribution in [0.15, 0.2) is 12.3 Å². The first-order valence-electron chi connectivity index (χ1n) is 10.9. The van der Waals surface area contributed by atoms with E-state index in [0.29, 0.717) is 32.9 Å². The van der Waals surface area contributed by atoms with Crippen molar-refractivity contribution in [1.82, 2.24) is 24.9 Å². The molecular weight excluding hydrogens is 536 g/mol. The van der Waals surface area contributed by atoms with E-state index in [9.17, 15) is 31.1 Å². The Morgan fingerprint density at radius 2 is 1.55 bits per heavy atom. The molecule has 1 unspecified atom stereocenters. The number of hydrogen-bond donors (Lipinski definition) is 3. The molecule has 2 saturated heterocycles. The van der Waals surface area contributed by atoms with E-state index in [1.165, 1.54) is 0 Å². The summed E-state index contributed by atoms with van der Waals surface area (Å²) in [5.41, 5.74) is 0.684. The van der Waals surface area contributed by atoms with Gasteiger partial charge in [-0.25, -0.2) is 9.59 Å². The highest BCUT2D eigenvalue weighted by molar-refractivity contribution is 5.77. The lowest BCUT2D eigenvalue weighted by molar-refractivity contribution is -0.193. The number of hydrogen-bond acceptors (Lipinski definition) is 8. The van der Waals surface area contributed by atoms with E-state index in [1.54, 1.807) is 7.05 Å². The molecule has 218 valence electrons. The van der Waals surface area contributed by atoms with Crippen molar-refractivity contribution in [2.75, 3.05) is 59.6 Å². The molecule has 0 saturated carbocycles.